The summed E-state index contributed by atoms with van der Waals surface area (Å²) in [5.74, 6) is 0. The number of amides is 6. The Kier molecular flexibility index (Phi) is 5.14. The minimum atomic E-state index is -1.00. The number of carbonyl (C=O) groups is 3. The lowest BCUT2D eigenvalue weighted by atomic mass is 10.4. The van der Waals surface area contributed by atoms with E-state index in [-0.39, 0.29) is 6.54 Å². The van der Waals surface area contributed by atoms with Gasteiger partial charge in [0.05, 0.1) is 21.3 Å². The average Bonchev–Trinajstić information content (AvgIpc) is 2.40. The normalized spacial score (nSPS) is 19.4. The van der Waals surface area contributed by atoms with Crippen molar-refractivity contribution in [2.75, 3.05) is 27.9 Å². The Labute approximate surface area is 113 Å². The lowest BCUT2D eigenvalue weighted by Gasteiger charge is -2.37. The molecule has 10 heteroatoms. The first kappa shape index (κ1) is 15.7. The Morgan fingerprint density at radius 2 is 1.53 bits per heavy atom. The van der Waals surface area contributed by atoms with Gasteiger partial charge in [-0.15, -0.1) is 0 Å². The van der Waals surface area contributed by atoms with Crippen LogP contribution < -0.4 is 0 Å². The third-order valence-electron chi connectivity index (χ3n) is 2.82. The number of hydroxylamine groups is 7. The van der Waals surface area contributed by atoms with Crippen LogP contribution in [0.25, 0.3) is 0 Å². The number of quaternary nitrogens is 1. The minimum absolute atomic E-state index is 0.116. The van der Waals surface area contributed by atoms with Crippen LogP contribution in [0.15, 0.2) is 0 Å². The molecular weight excluding hydrogens is 274 g/mol. The zero-order valence-electron chi connectivity index (χ0n) is 11.4. The molecule has 0 unspecified atom stereocenters. The summed E-state index contributed by atoms with van der Waals surface area (Å²) in [6.45, 7) is 0.116. The highest BCUT2D eigenvalue weighted by Gasteiger charge is 2.62. The van der Waals surface area contributed by atoms with Gasteiger partial charge in [-0.25, -0.2) is 4.79 Å². The fourth-order valence-corrected chi connectivity index (χ4v) is 2.07. The molecule has 1 fully saturated rings. The Balaban J connectivity index is 3.22. The molecule has 0 atom stereocenters. The zero-order valence-corrected chi connectivity index (χ0v) is 13.4. The van der Waals surface area contributed by atoms with Crippen LogP contribution in [0.2, 0.25) is 6.04 Å². The largest absolute Gasteiger partial charge is 0.493 e. The van der Waals surface area contributed by atoms with Crippen molar-refractivity contribution in [3.63, 3.8) is 0 Å². The molecule has 19 heavy (non-hydrogen) atoms. The van der Waals surface area contributed by atoms with Crippen molar-refractivity contribution >= 4 is 28.3 Å². The molecule has 0 aromatic rings. The number of hydrogen-bond donors (Lipinski definition) is 0. The molecule has 0 saturated carbocycles. The second kappa shape index (κ2) is 6.21. The first-order chi connectivity index (χ1) is 8.99. The van der Waals surface area contributed by atoms with Gasteiger partial charge in [0.25, 0.3) is 0 Å². The van der Waals surface area contributed by atoms with Gasteiger partial charge in [0.15, 0.2) is 0 Å². The number of hydrogen-bond acceptors (Lipinski definition) is 6. The van der Waals surface area contributed by atoms with E-state index >= 15 is 0 Å². The molecular formula is C9H18N3O6Si+. The van der Waals surface area contributed by atoms with E-state index in [1.807, 2.05) is 0 Å². The van der Waals surface area contributed by atoms with Gasteiger partial charge in [-0.3, -0.25) is 9.68 Å². The summed E-state index contributed by atoms with van der Waals surface area (Å²) in [5.41, 5.74) is 0. The molecule has 6 amide bonds. The second-order valence-electron chi connectivity index (χ2n) is 3.80. The van der Waals surface area contributed by atoms with E-state index < -0.39 is 22.7 Å². The van der Waals surface area contributed by atoms with E-state index in [0.29, 0.717) is 16.5 Å². The molecule has 0 N–H and O–H groups in total. The predicted molar refractivity (Wildman–Crippen MR) is 65.4 cm³/mol. The summed E-state index contributed by atoms with van der Waals surface area (Å²) >= 11 is 0. The maximum atomic E-state index is 12.2. The van der Waals surface area contributed by atoms with Crippen LogP contribution in [0.5, 0.6) is 0 Å². The lowest BCUT2D eigenvalue weighted by Crippen LogP contribution is -2.72. The van der Waals surface area contributed by atoms with Crippen LogP contribution in [-0.4, -0.2) is 71.0 Å². The highest BCUT2D eigenvalue weighted by molar-refractivity contribution is 6.08. The van der Waals surface area contributed by atoms with Crippen molar-refractivity contribution < 1.29 is 33.5 Å². The van der Waals surface area contributed by atoms with Crippen molar-refractivity contribution in [3.05, 3.63) is 0 Å². The van der Waals surface area contributed by atoms with E-state index in [9.17, 15) is 14.4 Å². The van der Waals surface area contributed by atoms with E-state index in [2.05, 4.69) is 0 Å². The Bertz CT molecular complexity index is 364. The Morgan fingerprint density at radius 3 is 1.84 bits per heavy atom. The summed E-state index contributed by atoms with van der Waals surface area (Å²) in [6.07, 6.45) is 0.612. The standard InChI is InChI=1S/C9H18N3O6Si/c1-16-10-7(13)11(17-2)9(15)12(18-3,8(10)14)5-4-6-19/h4-6H2,1-3,19H3/q+1. The molecule has 108 valence electrons. The van der Waals surface area contributed by atoms with E-state index in [1.165, 1.54) is 7.11 Å². The van der Waals surface area contributed by atoms with Crippen LogP contribution in [0.1, 0.15) is 6.42 Å². The maximum absolute atomic E-state index is 12.2. The van der Waals surface area contributed by atoms with Crippen LogP contribution in [0.3, 0.4) is 0 Å². The Hall–Kier alpha value is -1.33. The van der Waals surface area contributed by atoms with Crippen LogP contribution in [0.4, 0.5) is 14.4 Å². The number of carbonyl (C=O) groups excluding carboxylic acids is 3. The molecule has 0 spiro atoms. The molecule has 0 aromatic heterocycles. The fraction of sp³-hybridized carbons (Fsp3) is 0.667. The molecule has 0 aliphatic carbocycles. The molecule has 0 radical (unpaired) electrons. The average molecular weight is 292 g/mol. The third-order valence-corrected chi connectivity index (χ3v) is 3.52. The van der Waals surface area contributed by atoms with Crippen LogP contribution in [0, 0.1) is 0 Å². The van der Waals surface area contributed by atoms with Crippen molar-refractivity contribution in [2.45, 2.75) is 12.5 Å². The summed E-state index contributed by atoms with van der Waals surface area (Å²) in [5, 5.41) is 0.892. The SMILES string of the molecule is CON1C(=O)N(OC)C(=O)[N+](CCC[SiH3])(OC)C1=O. The molecule has 1 rings (SSSR count). The van der Waals surface area contributed by atoms with E-state index in [4.69, 9.17) is 14.5 Å². The second-order valence-corrected chi connectivity index (χ2v) is 4.80. The molecule has 1 saturated heterocycles. The molecule has 1 heterocycles. The summed E-state index contributed by atoms with van der Waals surface area (Å²) < 4.78 is -0.990. The number of rotatable bonds is 6. The van der Waals surface area contributed by atoms with Gasteiger partial charge in [-0.2, -0.15) is 14.4 Å². The molecule has 0 bridgehead atoms. The van der Waals surface area contributed by atoms with Gasteiger partial charge in [-0.05, 0) is 11.1 Å². The number of imide groups is 3. The molecule has 1 aliphatic rings. The van der Waals surface area contributed by atoms with Crippen molar-refractivity contribution in [2.24, 2.45) is 0 Å². The molecule has 0 aromatic carbocycles. The summed E-state index contributed by atoms with van der Waals surface area (Å²) in [6, 6.07) is -1.89. The number of nitrogens with zero attached hydrogens (tertiary/aromatic N) is 3. The van der Waals surface area contributed by atoms with E-state index in [0.717, 1.165) is 30.5 Å². The number of urea groups is 3. The topological polar surface area (TPSA) is 85.4 Å². The predicted octanol–water partition coefficient (Wildman–Crippen LogP) is -0.361. The molecule has 1 aliphatic heterocycles. The van der Waals surface area contributed by atoms with E-state index in [1.54, 1.807) is 0 Å². The first-order valence-corrected chi connectivity index (χ1v) is 7.16. The van der Waals surface area contributed by atoms with Gasteiger partial charge in [0.2, 0.25) is 0 Å². The Morgan fingerprint density at radius 1 is 1.05 bits per heavy atom. The van der Waals surface area contributed by atoms with Gasteiger partial charge in [0, 0.05) is 10.2 Å². The smallest absolute Gasteiger partial charge is 0.261 e. The summed E-state index contributed by atoms with van der Waals surface area (Å²) in [4.78, 5) is 50.7. The first-order valence-electron chi connectivity index (χ1n) is 5.75. The fourth-order valence-electron chi connectivity index (χ4n) is 1.75. The minimum Gasteiger partial charge on any atom is -0.261 e. The van der Waals surface area contributed by atoms with Crippen molar-refractivity contribution in [3.8, 4) is 0 Å². The van der Waals surface area contributed by atoms with Crippen LogP contribution in [-0.2, 0) is 14.5 Å². The van der Waals surface area contributed by atoms with Crippen molar-refractivity contribution in [1.82, 2.24) is 10.1 Å². The molecule has 9 nitrogen and oxygen atoms in total. The monoisotopic (exact) mass is 292 g/mol. The van der Waals surface area contributed by atoms with Gasteiger partial charge >= 0.3 is 18.1 Å². The lowest BCUT2D eigenvalue weighted by molar-refractivity contribution is -0.980. The quantitative estimate of drug-likeness (QED) is 0.491. The highest BCUT2D eigenvalue weighted by Crippen LogP contribution is 2.25. The third kappa shape index (κ3) is 2.40. The van der Waals surface area contributed by atoms with Gasteiger partial charge in [0.1, 0.15) is 6.54 Å². The zero-order chi connectivity index (χ0) is 14.6. The highest BCUT2D eigenvalue weighted by atomic mass is 28.1. The maximum Gasteiger partial charge on any atom is 0.493 e. The summed E-state index contributed by atoms with van der Waals surface area (Å²) in [7, 11) is 4.46. The van der Waals surface area contributed by atoms with Crippen LogP contribution >= 0.6 is 0 Å². The van der Waals surface area contributed by atoms with Gasteiger partial charge < -0.3 is 0 Å². The van der Waals surface area contributed by atoms with Gasteiger partial charge in [-0.1, -0.05) is 16.2 Å². The van der Waals surface area contributed by atoms with Crippen molar-refractivity contribution in [1.29, 1.82) is 0 Å².